The Hall–Kier alpha value is -1.76. The zero-order chi connectivity index (χ0) is 13.9. The standard InChI is InChI=1S/C13H14ClN5O/c14-10-4-8(11-6-20-2-1-16-11)3-9(5-10)12-17-7-18-13(15)19-12/h3-5,7,11,16H,1-2,6H2,(H2,15,17,18,19). The third kappa shape index (κ3) is 2.87. The van der Waals surface area contributed by atoms with Crippen molar-refractivity contribution in [2.45, 2.75) is 6.04 Å². The van der Waals surface area contributed by atoms with Crippen molar-refractivity contribution in [2.24, 2.45) is 0 Å². The Bertz CT molecular complexity index is 615. The Balaban J connectivity index is 1.97. The van der Waals surface area contributed by atoms with Crippen LogP contribution in [0.4, 0.5) is 5.95 Å². The Kier molecular flexibility index (Phi) is 3.77. The average molecular weight is 292 g/mol. The SMILES string of the molecule is Nc1ncnc(-c2cc(Cl)cc(C3COCCN3)c2)n1. The first kappa shape index (κ1) is 13.2. The minimum Gasteiger partial charge on any atom is -0.378 e. The molecular formula is C13H14ClN5O. The van der Waals surface area contributed by atoms with E-state index in [1.54, 1.807) is 0 Å². The lowest BCUT2D eigenvalue weighted by molar-refractivity contribution is 0.0769. The first-order chi connectivity index (χ1) is 9.72. The molecule has 1 saturated heterocycles. The number of nitrogen functional groups attached to an aromatic ring is 1. The number of anilines is 1. The van der Waals surface area contributed by atoms with Crippen LogP contribution in [0.3, 0.4) is 0 Å². The van der Waals surface area contributed by atoms with Crippen LogP contribution < -0.4 is 11.1 Å². The van der Waals surface area contributed by atoms with Crippen molar-refractivity contribution in [3.8, 4) is 11.4 Å². The van der Waals surface area contributed by atoms with Gasteiger partial charge in [-0.05, 0) is 23.8 Å². The number of rotatable bonds is 2. The second kappa shape index (κ2) is 5.70. The zero-order valence-electron chi connectivity index (χ0n) is 10.7. The number of ether oxygens (including phenoxy) is 1. The summed E-state index contributed by atoms with van der Waals surface area (Å²) in [6, 6.07) is 5.85. The van der Waals surface area contributed by atoms with Crippen molar-refractivity contribution < 1.29 is 4.74 Å². The highest BCUT2D eigenvalue weighted by atomic mass is 35.5. The van der Waals surface area contributed by atoms with E-state index in [0.29, 0.717) is 17.5 Å². The van der Waals surface area contributed by atoms with Gasteiger partial charge in [0.05, 0.1) is 19.3 Å². The molecular weight excluding hydrogens is 278 g/mol. The number of nitrogens with one attached hydrogen (secondary N) is 1. The van der Waals surface area contributed by atoms with Crippen LogP contribution in [0.25, 0.3) is 11.4 Å². The molecule has 3 N–H and O–H groups in total. The van der Waals surface area contributed by atoms with Gasteiger partial charge in [-0.25, -0.2) is 9.97 Å². The van der Waals surface area contributed by atoms with Gasteiger partial charge >= 0.3 is 0 Å². The number of aromatic nitrogens is 3. The summed E-state index contributed by atoms with van der Waals surface area (Å²) in [5.41, 5.74) is 7.45. The molecule has 1 aromatic heterocycles. The molecule has 6 nitrogen and oxygen atoms in total. The summed E-state index contributed by atoms with van der Waals surface area (Å²) in [4.78, 5) is 12.0. The predicted octanol–water partition coefficient (Wildman–Crippen LogP) is 1.44. The fourth-order valence-electron chi connectivity index (χ4n) is 2.17. The van der Waals surface area contributed by atoms with Crippen LogP contribution in [0, 0.1) is 0 Å². The smallest absolute Gasteiger partial charge is 0.223 e. The molecule has 0 amide bonds. The number of benzene rings is 1. The minimum absolute atomic E-state index is 0.125. The third-order valence-electron chi connectivity index (χ3n) is 3.09. The molecule has 2 aromatic rings. The molecule has 0 spiro atoms. The first-order valence-electron chi connectivity index (χ1n) is 6.29. The number of hydrogen-bond donors (Lipinski definition) is 2. The van der Waals surface area contributed by atoms with Gasteiger partial charge in [0.15, 0.2) is 5.82 Å². The molecule has 3 rings (SSSR count). The molecule has 1 atom stereocenters. The summed E-state index contributed by atoms with van der Waals surface area (Å²) in [7, 11) is 0. The highest BCUT2D eigenvalue weighted by Gasteiger charge is 2.17. The van der Waals surface area contributed by atoms with Crippen molar-refractivity contribution in [2.75, 3.05) is 25.5 Å². The summed E-state index contributed by atoms with van der Waals surface area (Å²) < 4.78 is 5.47. The molecule has 1 aliphatic rings. The Morgan fingerprint density at radius 3 is 2.95 bits per heavy atom. The average Bonchev–Trinajstić information content (AvgIpc) is 2.47. The molecule has 1 aliphatic heterocycles. The summed E-state index contributed by atoms with van der Waals surface area (Å²) in [6.07, 6.45) is 1.39. The lowest BCUT2D eigenvalue weighted by Gasteiger charge is -2.24. The van der Waals surface area contributed by atoms with Gasteiger partial charge in [-0.1, -0.05) is 11.6 Å². The number of hydrogen-bond acceptors (Lipinski definition) is 6. The maximum atomic E-state index is 6.19. The molecule has 2 heterocycles. The lowest BCUT2D eigenvalue weighted by atomic mass is 10.0. The van der Waals surface area contributed by atoms with Crippen LogP contribution in [0.15, 0.2) is 24.5 Å². The van der Waals surface area contributed by atoms with E-state index in [4.69, 9.17) is 22.1 Å². The maximum Gasteiger partial charge on any atom is 0.223 e. The number of nitrogens with zero attached hydrogens (tertiary/aromatic N) is 3. The van der Waals surface area contributed by atoms with Gasteiger partial charge in [0, 0.05) is 17.1 Å². The Morgan fingerprint density at radius 1 is 1.30 bits per heavy atom. The zero-order valence-corrected chi connectivity index (χ0v) is 11.5. The van der Waals surface area contributed by atoms with Crippen LogP contribution in [-0.2, 0) is 4.74 Å². The van der Waals surface area contributed by atoms with Crippen LogP contribution in [-0.4, -0.2) is 34.7 Å². The number of halogens is 1. The third-order valence-corrected chi connectivity index (χ3v) is 3.31. The lowest BCUT2D eigenvalue weighted by Crippen LogP contribution is -2.34. The highest BCUT2D eigenvalue weighted by Crippen LogP contribution is 2.26. The summed E-state index contributed by atoms with van der Waals surface area (Å²) in [5, 5.41) is 4.02. The summed E-state index contributed by atoms with van der Waals surface area (Å²) in [5.74, 6) is 0.702. The van der Waals surface area contributed by atoms with Crippen LogP contribution in [0.5, 0.6) is 0 Å². The van der Waals surface area contributed by atoms with E-state index in [1.165, 1.54) is 6.33 Å². The van der Waals surface area contributed by atoms with Gasteiger partial charge in [0.25, 0.3) is 0 Å². The molecule has 7 heteroatoms. The van der Waals surface area contributed by atoms with Gasteiger partial charge in [0.2, 0.25) is 5.95 Å². The van der Waals surface area contributed by atoms with Crippen LogP contribution in [0.2, 0.25) is 5.02 Å². The van der Waals surface area contributed by atoms with E-state index in [0.717, 1.165) is 24.3 Å². The van der Waals surface area contributed by atoms with Crippen molar-refractivity contribution in [1.82, 2.24) is 20.3 Å². The molecule has 0 saturated carbocycles. The van der Waals surface area contributed by atoms with Crippen molar-refractivity contribution in [3.05, 3.63) is 35.1 Å². The number of nitrogens with two attached hydrogens (primary N) is 1. The van der Waals surface area contributed by atoms with Crippen molar-refractivity contribution >= 4 is 17.5 Å². The fraction of sp³-hybridized carbons (Fsp3) is 0.308. The Labute approximate surface area is 121 Å². The van der Waals surface area contributed by atoms with E-state index < -0.39 is 0 Å². The van der Waals surface area contributed by atoms with E-state index >= 15 is 0 Å². The fourth-order valence-corrected chi connectivity index (χ4v) is 2.41. The topological polar surface area (TPSA) is 86.0 Å². The van der Waals surface area contributed by atoms with Crippen LogP contribution >= 0.6 is 11.6 Å². The van der Waals surface area contributed by atoms with Gasteiger partial charge in [-0.15, -0.1) is 0 Å². The molecule has 20 heavy (non-hydrogen) atoms. The maximum absolute atomic E-state index is 6.19. The molecule has 0 aliphatic carbocycles. The molecule has 104 valence electrons. The van der Waals surface area contributed by atoms with Crippen molar-refractivity contribution in [3.63, 3.8) is 0 Å². The molecule has 1 unspecified atom stereocenters. The van der Waals surface area contributed by atoms with E-state index in [-0.39, 0.29) is 12.0 Å². The molecule has 0 bridgehead atoms. The predicted molar refractivity (Wildman–Crippen MR) is 76.2 cm³/mol. The highest BCUT2D eigenvalue weighted by molar-refractivity contribution is 6.30. The van der Waals surface area contributed by atoms with Gasteiger partial charge < -0.3 is 15.8 Å². The second-order valence-electron chi connectivity index (χ2n) is 4.52. The van der Waals surface area contributed by atoms with E-state index in [1.807, 2.05) is 18.2 Å². The number of morpholine rings is 1. The Morgan fingerprint density at radius 2 is 2.20 bits per heavy atom. The quantitative estimate of drug-likeness (QED) is 0.871. The van der Waals surface area contributed by atoms with Crippen LogP contribution in [0.1, 0.15) is 11.6 Å². The second-order valence-corrected chi connectivity index (χ2v) is 4.96. The first-order valence-corrected chi connectivity index (χ1v) is 6.66. The molecule has 0 radical (unpaired) electrons. The van der Waals surface area contributed by atoms with Gasteiger partial charge in [-0.3, -0.25) is 0 Å². The normalized spacial score (nSPS) is 18.9. The van der Waals surface area contributed by atoms with Gasteiger partial charge in [-0.2, -0.15) is 4.98 Å². The van der Waals surface area contributed by atoms with E-state index in [9.17, 15) is 0 Å². The molecule has 1 aromatic carbocycles. The van der Waals surface area contributed by atoms with Crippen molar-refractivity contribution in [1.29, 1.82) is 0 Å². The summed E-state index contributed by atoms with van der Waals surface area (Å²) in [6.45, 7) is 2.18. The van der Waals surface area contributed by atoms with Gasteiger partial charge in [0.1, 0.15) is 6.33 Å². The molecule has 1 fully saturated rings. The summed E-state index contributed by atoms with van der Waals surface area (Å²) >= 11 is 6.19. The largest absolute Gasteiger partial charge is 0.378 e. The monoisotopic (exact) mass is 291 g/mol. The van der Waals surface area contributed by atoms with E-state index in [2.05, 4.69) is 20.3 Å². The minimum atomic E-state index is 0.125.